The van der Waals surface area contributed by atoms with Crippen molar-refractivity contribution in [3.63, 3.8) is 0 Å². The Morgan fingerprint density at radius 2 is 1.30 bits per heavy atom. The van der Waals surface area contributed by atoms with E-state index in [-0.39, 0.29) is 37.6 Å². The van der Waals surface area contributed by atoms with Crippen molar-refractivity contribution in [1.82, 2.24) is 0 Å². The second kappa shape index (κ2) is 11.7. The van der Waals surface area contributed by atoms with Crippen LogP contribution >= 0.6 is 46.4 Å². The number of carbonyl (C=O) groups is 2. The van der Waals surface area contributed by atoms with Gasteiger partial charge in [-0.3, -0.25) is 9.59 Å². The molecule has 0 bridgehead atoms. The molecule has 6 nitrogen and oxygen atoms in total. The lowest BCUT2D eigenvalue weighted by Crippen LogP contribution is -3.18. The van der Waals surface area contributed by atoms with E-state index in [2.05, 4.69) is 10.6 Å². The molecule has 0 saturated heterocycles. The first-order valence-corrected chi connectivity index (χ1v) is 10.7. The van der Waals surface area contributed by atoms with Gasteiger partial charge >= 0.3 is 0 Å². The molecule has 0 radical (unpaired) electrons. The van der Waals surface area contributed by atoms with Gasteiger partial charge in [0.05, 0.1) is 26.7 Å². The highest BCUT2D eigenvalue weighted by molar-refractivity contribution is 6.42. The van der Waals surface area contributed by atoms with E-state index >= 15 is 0 Å². The summed E-state index contributed by atoms with van der Waals surface area (Å²) in [6.07, 6.45) is 0.589. The molecule has 2 amide bonds. The van der Waals surface area contributed by atoms with Gasteiger partial charge < -0.3 is 20.6 Å². The summed E-state index contributed by atoms with van der Waals surface area (Å²) < 4.78 is 0. The van der Waals surface area contributed by atoms with E-state index in [1.54, 1.807) is 36.4 Å². The third kappa shape index (κ3) is 7.30. The lowest BCUT2D eigenvalue weighted by molar-refractivity contribution is -0.910. The van der Waals surface area contributed by atoms with Crippen LogP contribution in [0.4, 0.5) is 11.4 Å². The first kappa shape index (κ1) is 24.7. The zero-order chi connectivity index (χ0) is 22.3. The number of carbonyl (C=O) groups excluding carboxylic acids is 2. The fraction of sp³-hybridized carbons (Fsp3) is 0.300. The molecule has 2 rings (SSSR count). The van der Waals surface area contributed by atoms with Gasteiger partial charge in [0.1, 0.15) is 6.04 Å². The second-order valence-electron chi connectivity index (χ2n) is 6.65. The van der Waals surface area contributed by atoms with Crippen molar-refractivity contribution in [2.45, 2.75) is 19.4 Å². The fourth-order valence-corrected chi connectivity index (χ4v) is 3.46. The van der Waals surface area contributed by atoms with E-state index in [0.717, 1.165) is 0 Å². The highest BCUT2D eigenvalue weighted by Crippen LogP contribution is 2.25. The second-order valence-corrected chi connectivity index (χ2v) is 8.28. The van der Waals surface area contributed by atoms with Gasteiger partial charge in [0.15, 0.2) is 13.1 Å². The van der Waals surface area contributed by atoms with Crippen molar-refractivity contribution in [2.75, 3.05) is 30.3 Å². The molecule has 2 aromatic rings. The van der Waals surface area contributed by atoms with Crippen LogP contribution in [0.1, 0.15) is 13.3 Å². The molecule has 0 aliphatic heterocycles. The van der Waals surface area contributed by atoms with E-state index < -0.39 is 0 Å². The summed E-state index contributed by atoms with van der Waals surface area (Å²) in [4.78, 5) is 25.7. The minimum Gasteiger partial charge on any atom is -0.390 e. The van der Waals surface area contributed by atoms with Crippen molar-refractivity contribution in [1.29, 1.82) is 0 Å². The maximum Gasteiger partial charge on any atom is 0.279 e. The summed E-state index contributed by atoms with van der Waals surface area (Å²) in [5, 5.41) is 16.6. The van der Waals surface area contributed by atoms with Crippen molar-refractivity contribution in [2.24, 2.45) is 0 Å². The number of halogens is 4. The number of rotatable bonds is 9. The van der Waals surface area contributed by atoms with Crippen molar-refractivity contribution in [3.05, 3.63) is 56.5 Å². The molecule has 0 aromatic heterocycles. The Morgan fingerprint density at radius 1 is 0.867 bits per heavy atom. The molecule has 0 saturated carbocycles. The number of nitrogens with one attached hydrogen (secondary N) is 3. The number of aliphatic hydroxyl groups excluding tert-OH is 1. The Balaban J connectivity index is 2.05. The van der Waals surface area contributed by atoms with E-state index in [4.69, 9.17) is 46.4 Å². The average molecular weight is 494 g/mol. The quantitative estimate of drug-likeness (QED) is 0.431. The lowest BCUT2D eigenvalue weighted by Gasteiger charge is -2.25. The minimum absolute atomic E-state index is 0.0197. The van der Waals surface area contributed by atoms with Gasteiger partial charge in [0.25, 0.3) is 11.8 Å². The van der Waals surface area contributed by atoms with Crippen LogP contribution in [-0.4, -0.2) is 42.7 Å². The molecular weight excluding hydrogens is 472 g/mol. The molecule has 10 heteroatoms. The summed E-state index contributed by atoms with van der Waals surface area (Å²) in [7, 11) is 0. The fourth-order valence-electron chi connectivity index (χ4n) is 2.87. The van der Waals surface area contributed by atoms with Crippen LogP contribution in [0.25, 0.3) is 0 Å². The first-order valence-electron chi connectivity index (χ1n) is 9.18. The van der Waals surface area contributed by atoms with Crippen LogP contribution in [0, 0.1) is 0 Å². The number of quaternary nitrogens is 1. The summed E-state index contributed by atoms with van der Waals surface area (Å²) in [6.45, 7) is 1.68. The normalized spacial score (nSPS) is 12.0. The maximum absolute atomic E-state index is 12.5. The molecule has 0 aliphatic rings. The third-order valence-corrected chi connectivity index (χ3v) is 5.95. The van der Waals surface area contributed by atoms with Crippen LogP contribution in [0.3, 0.4) is 0 Å². The molecule has 0 aliphatic carbocycles. The Hall–Kier alpha value is -1.54. The van der Waals surface area contributed by atoms with Gasteiger partial charge in [-0.2, -0.15) is 0 Å². The minimum atomic E-state index is -0.322. The molecule has 0 unspecified atom stereocenters. The van der Waals surface area contributed by atoms with Gasteiger partial charge in [-0.1, -0.05) is 53.3 Å². The van der Waals surface area contributed by atoms with Gasteiger partial charge in [0, 0.05) is 11.4 Å². The molecule has 0 spiro atoms. The number of anilines is 2. The Morgan fingerprint density at radius 3 is 1.63 bits per heavy atom. The molecule has 162 valence electrons. The van der Waals surface area contributed by atoms with Gasteiger partial charge in [0.2, 0.25) is 0 Å². The Labute approximate surface area is 195 Å². The first-order chi connectivity index (χ1) is 14.2. The smallest absolute Gasteiger partial charge is 0.279 e. The monoisotopic (exact) mass is 492 g/mol. The van der Waals surface area contributed by atoms with Crippen LogP contribution in [-0.2, 0) is 9.59 Å². The molecular formula is C20H22Cl4N3O3+. The predicted octanol–water partition coefficient (Wildman–Crippen LogP) is 3.53. The van der Waals surface area contributed by atoms with E-state index in [1.807, 2.05) is 6.92 Å². The highest BCUT2D eigenvalue weighted by Gasteiger charge is 2.26. The highest BCUT2D eigenvalue weighted by atomic mass is 35.5. The van der Waals surface area contributed by atoms with Gasteiger partial charge in [-0.05, 0) is 42.8 Å². The third-order valence-electron chi connectivity index (χ3n) is 4.47. The van der Waals surface area contributed by atoms with Crippen LogP contribution in [0.15, 0.2) is 36.4 Å². The summed E-state index contributed by atoms with van der Waals surface area (Å²) in [5.74, 6) is -0.643. The number of hydrogen-bond acceptors (Lipinski definition) is 3. The number of hydrogen-bond donors (Lipinski definition) is 4. The molecule has 30 heavy (non-hydrogen) atoms. The largest absolute Gasteiger partial charge is 0.390 e. The van der Waals surface area contributed by atoms with Crippen molar-refractivity contribution in [3.8, 4) is 0 Å². The Kier molecular flexibility index (Phi) is 9.68. The average Bonchev–Trinajstić information content (AvgIpc) is 2.68. The predicted molar refractivity (Wildman–Crippen MR) is 122 cm³/mol. The van der Waals surface area contributed by atoms with E-state index in [9.17, 15) is 14.7 Å². The molecule has 0 fully saturated rings. The zero-order valence-corrected chi connectivity index (χ0v) is 19.2. The molecule has 4 N–H and O–H groups in total. The van der Waals surface area contributed by atoms with E-state index in [1.165, 1.54) is 0 Å². The van der Waals surface area contributed by atoms with Crippen molar-refractivity contribution >= 4 is 69.6 Å². The Bertz CT molecular complexity index is 839. The summed E-state index contributed by atoms with van der Waals surface area (Å²) in [5.41, 5.74) is 0.983. The van der Waals surface area contributed by atoms with E-state index in [0.29, 0.717) is 42.8 Å². The van der Waals surface area contributed by atoms with Crippen molar-refractivity contribution < 1.29 is 19.6 Å². The standard InChI is InChI=1S/C20H21Cl4N3O3/c1-2-14(11-28)27(9-19(29)25-12-3-5-15(21)17(23)7-12)10-20(30)26-13-4-6-16(22)18(24)8-13/h3-8,14,28H,2,9-11H2,1H3,(H,25,29)(H,26,30)/p+1/t14-/m1/s1. The molecule has 2 aromatic carbocycles. The topological polar surface area (TPSA) is 82.9 Å². The number of amides is 2. The summed E-state index contributed by atoms with van der Waals surface area (Å²) >= 11 is 23.7. The summed E-state index contributed by atoms with van der Waals surface area (Å²) in [6, 6.07) is 9.22. The van der Waals surface area contributed by atoms with Gasteiger partial charge in [-0.15, -0.1) is 0 Å². The van der Waals surface area contributed by atoms with Crippen LogP contribution < -0.4 is 15.5 Å². The van der Waals surface area contributed by atoms with Crippen LogP contribution in [0.5, 0.6) is 0 Å². The number of aliphatic hydroxyl groups is 1. The zero-order valence-electron chi connectivity index (χ0n) is 16.1. The molecule has 0 heterocycles. The number of benzene rings is 2. The van der Waals surface area contributed by atoms with Crippen LogP contribution in [0.2, 0.25) is 20.1 Å². The molecule has 1 atom stereocenters. The van der Waals surface area contributed by atoms with Gasteiger partial charge in [-0.25, -0.2) is 0 Å². The lowest BCUT2D eigenvalue weighted by atomic mass is 10.2. The SMILES string of the molecule is CC[C@H](CO)[NH+](CC(=O)Nc1ccc(Cl)c(Cl)c1)CC(=O)Nc1ccc(Cl)c(Cl)c1. The maximum atomic E-state index is 12.5.